The van der Waals surface area contributed by atoms with Crippen molar-refractivity contribution < 1.29 is 10.0 Å². The number of hydrogen-bond acceptors (Lipinski definition) is 5. The second-order valence-corrected chi connectivity index (χ2v) is 4.37. The lowest BCUT2D eigenvalue weighted by atomic mass is 10.1. The molecule has 0 bridgehead atoms. The third-order valence-electron chi connectivity index (χ3n) is 3.04. The molecule has 21 heavy (non-hydrogen) atoms. The summed E-state index contributed by atoms with van der Waals surface area (Å²) in [6.07, 6.45) is 0. The molecule has 1 heterocycles. The minimum absolute atomic E-state index is 0.00736. The molecule has 3 rings (SSSR count). The first-order valence-corrected chi connectivity index (χ1v) is 6.01. The Morgan fingerprint density at radius 1 is 1.14 bits per heavy atom. The fourth-order valence-electron chi connectivity index (χ4n) is 2.03. The van der Waals surface area contributed by atoms with Crippen LogP contribution in [0.1, 0.15) is 0 Å². The lowest BCUT2D eigenvalue weighted by molar-refractivity contribution is -0.385. The molecule has 7 nitrogen and oxygen atoms in total. The average molecular weight is 282 g/mol. The van der Waals surface area contributed by atoms with Gasteiger partial charge in [0.2, 0.25) is 0 Å². The molecule has 0 saturated carbocycles. The predicted molar refractivity (Wildman–Crippen MR) is 73.9 cm³/mol. The molecule has 1 aromatic heterocycles. The third-order valence-corrected chi connectivity index (χ3v) is 3.04. The SMILES string of the molecule is O=c1[nH]c(-c2cc([N+](=O)[O-])ccc2[O-])nc2ccccc12. The van der Waals surface area contributed by atoms with Crippen molar-refractivity contribution in [3.05, 3.63) is 62.9 Å². The molecular weight excluding hydrogens is 274 g/mol. The molecule has 0 fully saturated rings. The molecule has 0 saturated heterocycles. The summed E-state index contributed by atoms with van der Waals surface area (Å²) in [5.74, 6) is -0.425. The van der Waals surface area contributed by atoms with E-state index >= 15 is 0 Å². The largest absolute Gasteiger partial charge is 0.872 e. The number of nitro benzene ring substituents is 1. The number of non-ortho nitro benzene ring substituents is 1. The van der Waals surface area contributed by atoms with E-state index in [-0.39, 0.29) is 17.1 Å². The number of H-pyrrole nitrogens is 1. The first kappa shape index (κ1) is 12.8. The van der Waals surface area contributed by atoms with Gasteiger partial charge in [-0.2, -0.15) is 0 Å². The summed E-state index contributed by atoms with van der Waals surface area (Å²) in [6, 6.07) is 9.96. The zero-order valence-electron chi connectivity index (χ0n) is 10.6. The lowest BCUT2D eigenvalue weighted by Gasteiger charge is -2.12. The van der Waals surface area contributed by atoms with Crippen molar-refractivity contribution in [2.45, 2.75) is 0 Å². The standard InChI is InChI=1S/C14H9N3O4/c18-12-6-5-8(17(20)21)7-10(12)13-15-11-4-2-1-3-9(11)14(19)16-13/h1-7,18H,(H,15,16,19)/p-1. The third kappa shape index (κ3) is 2.20. The molecule has 0 aliphatic carbocycles. The van der Waals surface area contributed by atoms with E-state index in [1.165, 1.54) is 0 Å². The van der Waals surface area contributed by atoms with E-state index < -0.39 is 16.2 Å². The van der Waals surface area contributed by atoms with E-state index in [0.29, 0.717) is 10.9 Å². The zero-order chi connectivity index (χ0) is 15.0. The second-order valence-electron chi connectivity index (χ2n) is 4.37. The number of hydrogen-bond donors (Lipinski definition) is 1. The Bertz CT molecular complexity index is 917. The van der Waals surface area contributed by atoms with Crippen LogP contribution in [-0.4, -0.2) is 14.9 Å². The van der Waals surface area contributed by atoms with Crippen LogP contribution in [0.5, 0.6) is 5.75 Å². The summed E-state index contributed by atoms with van der Waals surface area (Å²) in [4.78, 5) is 28.8. The monoisotopic (exact) mass is 282 g/mol. The topological polar surface area (TPSA) is 112 Å². The van der Waals surface area contributed by atoms with E-state index in [2.05, 4.69) is 9.97 Å². The highest BCUT2D eigenvalue weighted by Crippen LogP contribution is 2.28. The van der Waals surface area contributed by atoms with Gasteiger partial charge in [-0.1, -0.05) is 23.9 Å². The summed E-state index contributed by atoms with van der Waals surface area (Å²) < 4.78 is 0. The van der Waals surface area contributed by atoms with E-state index in [4.69, 9.17) is 0 Å². The number of nitro groups is 1. The Labute approximate surface area is 117 Å². The van der Waals surface area contributed by atoms with Gasteiger partial charge in [-0.15, -0.1) is 0 Å². The normalized spacial score (nSPS) is 10.7. The van der Waals surface area contributed by atoms with Gasteiger partial charge in [0, 0.05) is 17.7 Å². The molecule has 0 aliphatic rings. The molecule has 0 spiro atoms. The average Bonchev–Trinajstić information content (AvgIpc) is 2.47. The van der Waals surface area contributed by atoms with E-state index in [9.17, 15) is 20.0 Å². The summed E-state index contributed by atoms with van der Waals surface area (Å²) in [7, 11) is 0. The van der Waals surface area contributed by atoms with Crippen LogP contribution in [-0.2, 0) is 0 Å². The van der Waals surface area contributed by atoms with Gasteiger partial charge in [-0.05, 0) is 12.1 Å². The van der Waals surface area contributed by atoms with E-state index in [1.54, 1.807) is 24.3 Å². The highest BCUT2D eigenvalue weighted by Gasteiger charge is 2.11. The Morgan fingerprint density at radius 2 is 1.90 bits per heavy atom. The van der Waals surface area contributed by atoms with Gasteiger partial charge in [0.15, 0.2) is 0 Å². The first-order valence-electron chi connectivity index (χ1n) is 6.01. The van der Waals surface area contributed by atoms with Crippen LogP contribution in [0.4, 0.5) is 5.69 Å². The number of benzene rings is 2. The van der Waals surface area contributed by atoms with Gasteiger partial charge >= 0.3 is 0 Å². The number of para-hydroxylation sites is 1. The van der Waals surface area contributed by atoms with Gasteiger partial charge in [0.05, 0.1) is 15.8 Å². The van der Waals surface area contributed by atoms with Gasteiger partial charge in [-0.25, -0.2) is 4.98 Å². The van der Waals surface area contributed by atoms with Crippen LogP contribution in [0, 0.1) is 10.1 Å². The molecule has 104 valence electrons. The highest BCUT2D eigenvalue weighted by atomic mass is 16.6. The second kappa shape index (κ2) is 4.71. The Morgan fingerprint density at radius 3 is 2.67 bits per heavy atom. The minimum Gasteiger partial charge on any atom is -0.872 e. The molecule has 0 radical (unpaired) electrons. The molecule has 3 aromatic rings. The maximum Gasteiger partial charge on any atom is 0.270 e. The number of fused-ring (bicyclic) bond motifs is 1. The van der Waals surface area contributed by atoms with Crippen LogP contribution < -0.4 is 10.7 Å². The van der Waals surface area contributed by atoms with Gasteiger partial charge in [0.25, 0.3) is 11.2 Å². The molecule has 0 aliphatic heterocycles. The van der Waals surface area contributed by atoms with Gasteiger partial charge in [-0.3, -0.25) is 14.9 Å². The van der Waals surface area contributed by atoms with Crippen LogP contribution in [0.2, 0.25) is 0 Å². The predicted octanol–water partition coefficient (Wildman–Crippen LogP) is 1.57. The molecule has 0 atom stereocenters. The van der Waals surface area contributed by atoms with Crippen molar-refractivity contribution in [3.63, 3.8) is 0 Å². The summed E-state index contributed by atoms with van der Waals surface area (Å²) in [5.41, 5.74) is -0.226. The van der Waals surface area contributed by atoms with Gasteiger partial charge < -0.3 is 10.1 Å². The van der Waals surface area contributed by atoms with E-state index in [1.807, 2.05) is 0 Å². The number of nitrogens with one attached hydrogen (secondary N) is 1. The van der Waals surface area contributed by atoms with Crippen LogP contribution in [0.25, 0.3) is 22.3 Å². The maximum atomic E-state index is 12.0. The minimum atomic E-state index is -0.609. The van der Waals surface area contributed by atoms with Crippen LogP contribution >= 0.6 is 0 Å². The number of aromatic amines is 1. The fraction of sp³-hybridized carbons (Fsp3) is 0. The number of aromatic nitrogens is 2. The lowest BCUT2D eigenvalue weighted by Crippen LogP contribution is -2.10. The van der Waals surface area contributed by atoms with Crippen molar-refractivity contribution in [3.8, 4) is 17.1 Å². The van der Waals surface area contributed by atoms with Gasteiger partial charge in [0.1, 0.15) is 5.82 Å². The van der Waals surface area contributed by atoms with Crippen molar-refractivity contribution in [2.75, 3.05) is 0 Å². The Balaban J connectivity index is 2.28. The van der Waals surface area contributed by atoms with Crippen molar-refractivity contribution in [1.29, 1.82) is 0 Å². The summed E-state index contributed by atoms with van der Waals surface area (Å²) in [5, 5.41) is 23.0. The summed E-state index contributed by atoms with van der Waals surface area (Å²) >= 11 is 0. The Hall–Kier alpha value is -3.22. The fourth-order valence-corrected chi connectivity index (χ4v) is 2.03. The van der Waals surface area contributed by atoms with Crippen LogP contribution in [0.15, 0.2) is 47.3 Å². The first-order chi connectivity index (χ1) is 10.1. The number of nitrogens with zero attached hydrogens (tertiary/aromatic N) is 2. The molecule has 1 N–H and O–H groups in total. The van der Waals surface area contributed by atoms with Crippen molar-refractivity contribution >= 4 is 16.6 Å². The molecule has 0 amide bonds. The van der Waals surface area contributed by atoms with Crippen molar-refractivity contribution in [2.24, 2.45) is 0 Å². The Kier molecular flexibility index (Phi) is 2.87. The number of rotatable bonds is 2. The smallest absolute Gasteiger partial charge is 0.270 e. The molecular formula is C14H8N3O4-. The highest BCUT2D eigenvalue weighted by molar-refractivity contribution is 5.80. The summed E-state index contributed by atoms with van der Waals surface area (Å²) in [6.45, 7) is 0. The molecule has 0 unspecified atom stereocenters. The molecule has 7 heteroatoms. The zero-order valence-corrected chi connectivity index (χ0v) is 10.6. The molecule has 2 aromatic carbocycles. The quantitative estimate of drug-likeness (QED) is 0.566. The maximum absolute atomic E-state index is 12.0. The van der Waals surface area contributed by atoms with Crippen molar-refractivity contribution in [1.82, 2.24) is 9.97 Å². The van der Waals surface area contributed by atoms with E-state index in [0.717, 1.165) is 18.2 Å². The van der Waals surface area contributed by atoms with Crippen LogP contribution in [0.3, 0.4) is 0 Å².